The van der Waals surface area contributed by atoms with Gasteiger partial charge < -0.3 is 10.5 Å². The molecule has 0 heterocycles. The van der Waals surface area contributed by atoms with Gasteiger partial charge in [-0.05, 0) is 19.4 Å². The molecule has 1 atom stereocenters. The quantitative estimate of drug-likeness (QED) is 0.768. The zero-order valence-corrected chi connectivity index (χ0v) is 9.14. The van der Waals surface area contributed by atoms with Gasteiger partial charge in [0.1, 0.15) is 0 Å². The molecular formula is C12H17NO2. The minimum Gasteiger partial charge on any atom is -0.463 e. The molecule has 0 amide bonds. The highest BCUT2D eigenvalue weighted by atomic mass is 16.5. The maximum Gasteiger partial charge on any atom is 0.307 e. The minimum absolute atomic E-state index is 0.0829. The Labute approximate surface area is 90.2 Å². The molecule has 3 nitrogen and oxygen atoms in total. The summed E-state index contributed by atoms with van der Waals surface area (Å²) in [6.07, 6.45) is 0.142. The van der Waals surface area contributed by atoms with Gasteiger partial charge in [-0.25, -0.2) is 0 Å². The van der Waals surface area contributed by atoms with Crippen molar-refractivity contribution in [2.45, 2.75) is 32.4 Å². The van der Waals surface area contributed by atoms with Gasteiger partial charge in [0.2, 0.25) is 0 Å². The van der Waals surface area contributed by atoms with Crippen LogP contribution in [0.5, 0.6) is 0 Å². The molecule has 0 aliphatic heterocycles. The monoisotopic (exact) mass is 207 g/mol. The zero-order chi connectivity index (χ0) is 11.3. The SMILES string of the molecule is CC(C)OC(=O)CC(N)c1ccccc1. The van der Waals surface area contributed by atoms with Crippen LogP contribution in [-0.2, 0) is 9.53 Å². The van der Waals surface area contributed by atoms with Crippen molar-refractivity contribution >= 4 is 5.97 Å². The number of carbonyl (C=O) groups is 1. The summed E-state index contributed by atoms with van der Waals surface area (Å²) in [5, 5.41) is 0. The smallest absolute Gasteiger partial charge is 0.307 e. The third-order valence-electron chi connectivity index (χ3n) is 1.98. The second kappa shape index (κ2) is 5.51. The van der Waals surface area contributed by atoms with E-state index in [1.807, 2.05) is 44.2 Å². The molecule has 0 saturated carbocycles. The molecule has 0 spiro atoms. The fourth-order valence-corrected chi connectivity index (χ4v) is 1.31. The molecule has 0 fully saturated rings. The van der Waals surface area contributed by atoms with Crippen LogP contribution >= 0.6 is 0 Å². The van der Waals surface area contributed by atoms with Crippen molar-refractivity contribution in [1.29, 1.82) is 0 Å². The van der Waals surface area contributed by atoms with E-state index in [2.05, 4.69) is 0 Å². The van der Waals surface area contributed by atoms with Crippen molar-refractivity contribution in [2.75, 3.05) is 0 Å². The normalized spacial score (nSPS) is 12.5. The molecular weight excluding hydrogens is 190 g/mol. The maximum absolute atomic E-state index is 11.3. The largest absolute Gasteiger partial charge is 0.463 e. The van der Waals surface area contributed by atoms with Gasteiger partial charge >= 0.3 is 5.97 Å². The zero-order valence-electron chi connectivity index (χ0n) is 9.14. The van der Waals surface area contributed by atoms with Crippen molar-refractivity contribution < 1.29 is 9.53 Å². The van der Waals surface area contributed by atoms with Crippen LogP contribution in [0, 0.1) is 0 Å². The topological polar surface area (TPSA) is 52.3 Å². The van der Waals surface area contributed by atoms with Gasteiger partial charge in [-0.1, -0.05) is 30.3 Å². The standard InChI is InChI=1S/C12H17NO2/c1-9(2)15-12(14)8-11(13)10-6-4-3-5-7-10/h3-7,9,11H,8,13H2,1-2H3. The number of rotatable bonds is 4. The molecule has 0 aromatic heterocycles. The summed E-state index contributed by atoms with van der Waals surface area (Å²) < 4.78 is 5.02. The highest BCUT2D eigenvalue weighted by Gasteiger charge is 2.13. The molecule has 2 N–H and O–H groups in total. The Balaban J connectivity index is 2.49. The molecule has 3 heteroatoms. The van der Waals surface area contributed by atoms with E-state index in [0.717, 1.165) is 5.56 Å². The van der Waals surface area contributed by atoms with E-state index in [9.17, 15) is 4.79 Å². The van der Waals surface area contributed by atoms with E-state index in [1.54, 1.807) is 0 Å². The number of hydrogen-bond acceptors (Lipinski definition) is 3. The number of nitrogens with two attached hydrogens (primary N) is 1. The first-order chi connectivity index (χ1) is 7.09. The third kappa shape index (κ3) is 4.13. The molecule has 1 rings (SSSR count). The van der Waals surface area contributed by atoms with Gasteiger partial charge in [0.25, 0.3) is 0 Å². The first-order valence-electron chi connectivity index (χ1n) is 5.09. The average molecular weight is 207 g/mol. The van der Waals surface area contributed by atoms with Gasteiger partial charge in [0.05, 0.1) is 12.5 Å². The molecule has 0 aliphatic carbocycles. The van der Waals surface area contributed by atoms with E-state index in [0.29, 0.717) is 0 Å². The summed E-state index contributed by atoms with van der Waals surface area (Å²) in [6.45, 7) is 3.65. The number of hydrogen-bond donors (Lipinski definition) is 1. The Kier molecular flexibility index (Phi) is 4.31. The Morgan fingerprint density at radius 1 is 1.33 bits per heavy atom. The average Bonchev–Trinajstić information content (AvgIpc) is 2.17. The van der Waals surface area contributed by atoms with Crippen molar-refractivity contribution in [3.05, 3.63) is 35.9 Å². The molecule has 0 saturated heterocycles. The lowest BCUT2D eigenvalue weighted by atomic mass is 10.1. The van der Waals surface area contributed by atoms with Crippen LogP contribution in [0.4, 0.5) is 0 Å². The van der Waals surface area contributed by atoms with Crippen molar-refractivity contribution in [3.63, 3.8) is 0 Å². The van der Waals surface area contributed by atoms with Gasteiger partial charge in [0.15, 0.2) is 0 Å². The number of benzene rings is 1. The summed E-state index contributed by atoms with van der Waals surface area (Å²) in [5.74, 6) is -0.249. The van der Waals surface area contributed by atoms with Crippen LogP contribution in [0.1, 0.15) is 31.9 Å². The number of ether oxygens (including phenoxy) is 1. The second-order valence-corrected chi connectivity index (χ2v) is 3.76. The summed E-state index contributed by atoms with van der Waals surface area (Å²) in [7, 11) is 0. The van der Waals surface area contributed by atoms with Crippen molar-refractivity contribution in [1.82, 2.24) is 0 Å². The lowest BCUT2D eigenvalue weighted by Crippen LogP contribution is -2.19. The van der Waals surface area contributed by atoms with Crippen LogP contribution < -0.4 is 5.73 Å². The summed E-state index contributed by atoms with van der Waals surface area (Å²) in [4.78, 5) is 11.3. The Bertz CT molecular complexity index is 309. The number of carbonyl (C=O) groups excluding carboxylic acids is 1. The van der Waals surface area contributed by atoms with E-state index < -0.39 is 0 Å². The lowest BCUT2D eigenvalue weighted by Gasteiger charge is -2.13. The van der Waals surface area contributed by atoms with Crippen LogP contribution in [0.25, 0.3) is 0 Å². The highest BCUT2D eigenvalue weighted by Crippen LogP contribution is 2.14. The van der Waals surface area contributed by atoms with E-state index in [-0.39, 0.29) is 24.5 Å². The molecule has 1 aromatic rings. The second-order valence-electron chi connectivity index (χ2n) is 3.76. The van der Waals surface area contributed by atoms with Crippen LogP contribution in [0.15, 0.2) is 30.3 Å². The Morgan fingerprint density at radius 3 is 2.47 bits per heavy atom. The molecule has 1 aromatic carbocycles. The lowest BCUT2D eigenvalue weighted by molar-refractivity contribution is -0.147. The van der Waals surface area contributed by atoms with E-state index in [1.165, 1.54) is 0 Å². The molecule has 82 valence electrons. The van der Waals surface area contributed by atoms with Crippen LogP contribution in [-0.4, -0.2) is 12.1 Å². The molecule has 0 bridgehead atoms. The van der Waals surface area contributed by atoms with Crippen molar-refractivity contribution in [2.24, 2.45) is 5.73 Å². The van der Waals surface area contributed by atoms with Crippen LogP contribution in [0.3, 0.4) is 0 Å². The molecule has 0 radical (unpaired) electrons. The minimum atomic E-state index is -0.280. The fourth-order valence-electron chi connectivity index (χ4n) is 1.31. The predicted octanol–water partition coefficient (Wildman–Crippen LogP) is 2.03. The van der Waals surface area contributed by atoms with Gasteiger partial charge in [0, 0.05) is 6.04 Å². The third-order valence-corrected chi connectivity index (χ3v) is 1.98. The Morgan fingerprint density at radius 2 is 1.93 bits per heavy atom. The van der Waals surface area contributed by atoms with E-state index in [4.69, 9.17) is 10.5 Å². The van der Waals surface area contributed by atoms with Gasteiger partial charge in [-0.15, -0.1) is 0 Å². The highest BCUT2D eigenvalue weighted by molar-refractivity contribution is 5.70. The summed E-state index contributed by atoms with van der Waals surface area (Å²) in [5.41, 5.74) is 6.83. The van der Waals surface area contributed by atoms with E-state index >= 15 is 0 Å². The van der Waals surface area contributed by atoms with Gasteiger partial charge in [-0.3, -0.25) is 4.79 Å². The first-order valence-corrected chi connectivity index (χ1v) is 5.09. The molecule has 15 heavy (non-hydrogen) atoms. The summed E-state index contributed by atoms with van der Waals surface area (Å²) in [6, 6.07) is 9.27. The molecule has 1 unspecified atom stereocenters. The fraction of sp³-hybridized carbons (Fsp3) is 0.417. The molecule has 0 aliphatic rings. The predicted molar refractivity (Wildman–Crippen MR) is 59.2 cm³/mol. The maximum atomic E-state index is 11.3. The first kappa shape index (κ1) is 11.7. The van der Waals surface area contributed by atoms with Gasteiger partial charge in [-0.2, -0.15) is 0 Å². The summed E-state index contributed by atoms with van der Waals surface area (Å²) >= 11 is 0. The van der Waals surface area contributed by atoms with Crippen LogP contribution in [0.2, 0.25) is 0 Å². The Hall–Kier alpha value is -1.35. The van der Waals surface area contributed by atoms with Crippen molar-refractivity contribution in [3.8, 4) is 0 Å². The number of esters is 1.